The molecule has 170 valence electrons. The fraction of sp³-hybridized carbons (Fsp3) is 0.500. The van der Waals surface area contributed by atoms with Gasteiger partial charge >= 0.3 is 39.2 Å². The van der Waals surface area contributed by atoms with Crippen LogP contribution in [0.25, 0.3) is 0 Å². The summed E-state index contributed by atoms with van der Waals surface area (Å²) in [5.41, 5.74) is -2.11. The summed E-state index contributed by atoms with van der Waals surface area (Å²) < 4.78 is 110. The van der Waals surface area contributed by atoms with Crippen LogP contribution in [0.4, 0.5) is 42.7 Å². The number of benzene rings is 1. The summed E-state index contributed by atoms with van der Waals surface area (Å²) in [7, 11) is -10.7. The van der Waals surface area contributed by atoms with E-state index in [1.165, 1.54) is 11.0 Å². The van der Waals surface area contributed by atoms with Crippen LogP contribution in [-0.2, 0) is 17.5 Å². The van der Waals surface area contributed by atoms with Gasteiger partial charge in [-0.15, -0.1) is 0 Å². The van der Waals surface area contributed by atoms with Gasteiger partial charge in [0.25, 0.3) is 11.5 Å². The summed E-state index contributed by atoms with van der Waals surface area (Å²) in [5.74, 6) is -0.750. The smallest absolute Gasteiger partial charge is 0.328 e. The number of piperazine rings is 1. The Bertz CT molecular complexity index is 704. The number of carbonyl (C=O) groups excluding carboxylic acids is 1. The van der Waals surface area contributed by atoms with Gasteiger partial charge in [-0.25, -0.2) is 4.39 Å². The summed E-state index contributed by atoms with van der Waals surface area (Å²) in [6, 6.07) is 5.22. The zero-order valence-electron chi connectivity index (χ0n) is 14.4. The van der Waals surface area contributed by atoms with E-state index in [-0.39, 0.29) is 0 Å². The molecule has 0 radical (unpaired) electrons. The van der Waals surface area contributed by atoms with E-state index in [0.29, 0.717) is 38.3 Å². The van der Waals surface area contributed by atoms with Crippen molar-refractivity contribution >= 4 is 25.3 Å². The first-order chi connectivity index (χ1) is 12.7. The number of rotatable bonds is 3. The average molecular weight is 485 g/mol. The molecule has 29 heavy (non-hydrogen) atoms. The Morgan fingerprint density at radius 1 is 1.10 bits per heavy atom. The van der Waals surface area contributed by atoms with Crippen molar-refractivity contribution in [3.05, 3.63) is 35.4 Å². The fourth-order valence-corrected chi connectivity index (χ4v) is 2.64. The molecule has 1 atom stereocenters. The van der Waals surface area contributed by atoms with Crippen LogP contribution in [-0.4, -0.2) is 42.6 Å². The molecule has 15 heteroatoms. The predicted octanol–water partition coefficient (Wildman–Crippen LogP) is 4.85. The van der Waals surface area contributed by atoms with Crippen LogP contribution in [0.5, 0.6) is 0 Å². The zero-order chi connectivity index (χ0) is 22.7. The number of nitrogens with one attached hydrogen (secondary N) is 1. The van der Waals surface area contributed by atoms with E-state index >= 15 is 0 Å². The molecule has 1 aromatic carbocycles. The first kappa shape index (κ1) is 25.7. The van der Waals surface area contributed by atoms with Gasteiger partial charge in [-0.1, -0.05) is 23.7 Å². The summed E-state index contributed by atoms with van der Waals surface area (Å²) >= 11 is 5.12. The standard InChI is InChI=1S/C14H15ClF4N2O.F6P/c15-12(16)13(22)21-6-4-20(5-7-21)9-10-2-1-3-11(8-10)14(17,18)19;1-7(2,3,4,5)6/h1-3,8,12H,4-7,9H2;/q;-1/p+1. The number of nitrogens with zero attached hydrogens (tertiary/aromatic N) is 1. The molecule has 0 bridgehead atoms. The van der Waals surface area contributed by atoms with Crippen LogP contribution in [0.3, 0.4) is 0 Å². The van der Waals surface area contributed by atoms with Crippen molar-refractivity contribution in [2.75, 3.05) is 26.2 Å². The van der Waals surface area contributed by atoms with Gasteiger partial charge in [-0.3, -0.25) is 4.79 Å². The van der Waals surface area contributed by atoms with Crippen molar-refractivity contribution < 1.29 is 52.4 Å². The van der Waals surface area contributed by atoms with Crippen LogP contribution < -0.4 is 4.90 Å². The minimum Gasteiger partial charge on any atom is -0.328 e. The van der Waals surface area contributed by atoms with Crippen molar-refractivity contribution in [2.45, 2.75) is 18.4 Å². The molecule has 0 aromatic heterocycles. The van der Waals surface area contributed by atoms with Gasteiger partial charge in [0.2, 0.25) is 0 Å². The van der Waals surface area contributed by atoms with Gasteiger partial charge in [-0.05, 0) is 12.1 Å². The molecule has 1 fully saturated rings. The van der Waals surface area contributed by atoms with Crippen molar-refractivity contribution in [1.29, 1.82) is 0 Å². The van der Waals surface area contributed by atoms with Gasteiger partial charge in [0.1, 0.15) is 6.54 Å². The maximum absolute atomic E-state index is 12.7. The molecular weight excluding hydrogens is 469 g/mol. The Kier molecular flexibility index (Phi) is 7.15. The zero-order valence-corrected chi connectivity index (χ0v) is 16.0. The van der Waals surface area contributed by atoms with E-state index in [1.807, 2.05) is 0 Å². The van der Waals surface area contributed by atoms with Gasteiger partial charge in [0.05, 0.1) is 31.7 Å². The summed E-state index contributed by atoms with van der Waals surface area (Å²) in [6.07, 6.45) is -4.35. The third-order valence-electron chi connectivity index (χ3n) is 3.68. The first-order valence-corrected chi connectivity index (χ1v) is 10.3. The van der Waals surface area contributed by atoms with E-state index in [2.05, 4.69) is 0 Å². The van der Waals surface area contributed by atoms with Gasteiger partial charge in [0.15, 0.2) is 0 Å². The molecule has 3 nitrogen and oxygen atoms in total. The van der Waals surface area contributed by atoms with Crippen molar-refractivity contribution in [3.63, 3.8) is 0 Å². The number of quaternary nitrogens is 1. The quantitative estimate of drug-likeness (QED) is 0.370. The molecule has 1 amide bonds. The predicted molar refractivity (Wildman–Crippen MR) is 86.7 cm³/mol. The molecule has 0 spiro atoms. The van der Waals surface area contributed by atoms with Crippen LogP contribution >= 0.6 is 19.4 Å². The Hall–Kier alpha value is -1.33. The fourth-order valence-electron chi connectivity index (χ4n) is 2.50. The van der Waals surface area contributed by atoms with Gasteiger partial charge < -0.3 is 9.80 Å². The van der Waals surface area contributed by atoms with Crippen LogP contribution in [0.15, 0.2) is 24.3 Å². The normalized spacial score (nSPS) is 19.5. The largest absolute Gasteiger partial charge is 0.416 e. The molecular formula is C14H16ClF10N2OP. The molecule has 0 aliphatic carbocycles. The minimum atomic E-state index is -10.7. The molecule has 1 unspecified atom stereocenters. The average Bonchev–Trinajstić information content (AvgIpc) is 2.51. The Labute approximate surface area is 163 Å². The third kappa shape index (κ3) is 12.1. The third-order valence-corrected chi connectivity index (χ3v) is 3.86. The minimum absolute atomic E-state index is 0.347. The number of alkyl halides is 5. The van der Waals surface area contributed by atoms with E-state index in [1.54, 1.807) is 6.07 Å². The van der Waals surface area contributed by atoms with Crippen molar-refractivity contribution in [2.24, 2.45) is 0 Å². The monoisotopic (exact) mass is 484 g/mol. The van der Waals surface area contributed by atoms with E-state index in [0.717, 1.165) is 17.0 Å². The number of halogens is 11. The van der Waals surface area contributed by atoms with Crippen LogP contribution in [0.2, 0.25) is 0 Å². The summed E-state index contributed by atoms with van der Waals surface area (Å²) in [4.78, 5) is 13.8. The first-order valence-electron chi connectivity index (χ1n) is 7.85. The second kappa shape index (κ2) is 8.07. The van der Waals surface area contributed by atoms with Crippen LogP contribution in [0.1, 0.15) is 11.1 Å². The topological polar surface area (TPSA) is 24.8 Å². The molecule has 1 N–H and O–H groups in total. The van der Waals surface area contributed by atoms with E-state index in [9.17, 15) is 47.5 Å². The van der Waals surface area contributed by atoms with Gasteiger partial charge in [-0.2, -0.15) is 13.2 Å². The Balaban J connectivity index is 0.000000516. The SMILES string of the molecule is F[P-](F)(F)(F)(F)F.O=C(C(F)Cl)N1CC[NH+](Cc2cccc(C(F)(F)F)c2)CC1. The maximum Gasteiger partial charge on any atom is 0.416 e. The number of amides is 1. The van der Waals surface area contributed by atoms with E-state index in [4.69, 9.17) is 11.6 Å². The number of carbonyl (C=O) groups is 1. The second-order valence-corrected chi connectivity index (χ2v) is 8.51. The molecule has 1 aliphatic rings. The second-order valence-electron chi connectivity index (χ2n) is 6.21. The molecule has 1 saturated heterocycles. The molecule has 2 rings (SSSR count). The Morgan fingerprint density at radius 3 is 2.00 bits per heavy atom. The van der Waals surface area contributed by atoms with Crippen molar-refractivity contribution in [1.82, 2.24) is 4.90 Å². The molecule has 1 heterocycles. The van der Waals surface area contributed by atoms with Gasteiger partial charge in [0, 0.05) is 5.56 Å². The maximum atomic E-state index is 12.7. The number of hydrogen-bond donors (Lipinski definition) is 1. The summed E-state index contributed by atoms with van der Waals surface area (Å²) in [5, 5.41) is 0. The summed E-state index contributed by atoms with van der Waals surface area (Å²) in [6.45, 7) is 2.23. The molecule has 0 saturated carbocycles. The Morgan fingerprint density at radius 2 is 1.59 bits per heavy atom. The molecule has 1 aromatic rings. The van der Waals surface area contributed by atoms with Crippen molar-refractivity contribution in [3.8, 4) is 0 Å². The number of hydrogen-bond acceptors (Lipinski definition) is 1. The van der Waals surface area contributed by atoms with E-state index < -0.39 is 31.1 Å². The van der Waals surface area contributed by atoms with Crippen LogP contribution in [0, 0.1) is 0 Å². The molecule has 1 aliphatic heterocycles.